The summed E-state index contributed by atoms with van der Waals surface area (Å²) in [4.78, 5) is 24.5. The Morgan fingerprint density at radius 3 is 2.83 bits per heavy atom. The molecule has 0 unspecified atom stereocenters. The monoisotopic (exact) mass is 335 g/mol. The van der Waals surface area contributed by atoms with Crippen LogP contribution in [0, 0.1) is 6.92 Å². The number of carbonyl (C=O) groups is 2. The fourth-order valence-electron chi connectivity index (χ4n) is 3.39. The van der Waals surface area contributed by atoms with E-state index in [4.69, 9.17) is 11.6 Å². The molecule has 1 saturated carbocycles. The molecule has 1 aliphatic carbocycles. The topological polar surface area (TPSA) is 70.2 Å². The molecule has 6 heteroatoms. The Balaban J connectivity index is 1.61. The number of aryl methyl sites for hydroxylation is 1. The maximum absolute atomic E-state index is 12.3. The summed E-state index contributed by atoms with van der Waals surface area (Å²) >= 11 is 5.96. The van der Waals surface area contributed by atoms with E-state index in [2.05, 4.69) is 16.0 Å². The van der Waals surface area contributed by atoms with Crippen LogP contribution < -0.4 is 16.0 Å². The number of halogens is 1. The van der Waals surface area contributed by atoms with Gasteiger partial charge in [0.1, 0.15) is 0 Å². The highest BCUT2D eigenvalue weighted by Crippen LogP contribution is 2.23. The number of hydrogen-bond acceptors (Lipinski definition) is 3. The lowest BCUT2D eigenvalue weighted by Crippen LogP contribution is -2.65. The van der Waals surface area contributed by atoms with Crippen LogP contribution in [0.5, 0.6) is 0 Å². The number of amides is 2. The maximum Gasteiger partial charge on any atom is 0.237 e. The largest absolute Gasteiger partial charge is 0.350 e. The molecule has 0 bridgehead atoms. The van der Waals surface area contributed by atoms with Gasteiger partial charge in [0.15, 0.2) is 0 Å². The van der Waals surface area contributed by atoms with Gasteiger partial charge in [-0.15, -0.1) is 0 Å². The van der Waals surface area contributed by atoms with E-state index in [0.717, 1.165) is 24.8 Å². The lowest BCUT2D eigenvalue weighted by Gasteiger charge is -2.40. The summed E-state index contributed by atoms with van der Waals surface area (Å²) in [5, 5.41) is 9.83. The van der Waals surface area contributed by atoms with Gasteiger partial charge in [-0.3, -0.25) is 9.59 Å². The van der Waals surface area contributed by atoms with E-state index in [1.807, 2.05) is 13.0 Å². The Hall–Kier alpha value is -1.59. The number of carbonyl (C=O) groups excluding carboxylic acids is 2. The van der Waals surface area contributed by atoms with Crippen molar-refractivity contribution < 1.29 is 9.59 Å². The molecule has 2 aliphatic rings. The molecule has 3 atom stereocenters. The van der Waals surface area contributed by atoms with E-state index in [9.17, 15) is 9.59 Å². The Morgan fingerprint density at radius 1 is 1.30 bits per heavy atom. The summed E-state index contributed by atoms with van der Waals surface area (Å²) in [7, 11) is 0. The van der Waals surface area contributed by atoms with Gasteiger partial charge in [0.2, 0.25) is 11.8 Å². The first kappa shape index (κ1) is 16.3. The zero-order chi connectivity index (χ0) is 16.4. The Labute approximate surface area is 141 Å². The van der Waals surface area contributed by atoms with Crippen LogP contribution in [0.1, 0.15) is 37.7 Å². The number of benzene rings is 1. The van der Waals surface area contributed by atoms with E-state index in [1.165, 1.54) is 6.42 Å². The number of piperazine rings is 1. The van der Waals surface area contributed by atoms with Crippen LogP contribution in [0.15, 0.2) is 18.2 Å². The molecule has 5 nitrogen and oxygen atoms in total. The summed E-state index contributed by atoms with van der Waals surface area (Å²) < 4.78 is 0. The van der Waals surface area contributed by atoms with E-state index < -0.39 is 6.04 Å². The van der Waals surface area contributed by atoms with Crippen LogP contribution in [0.4, 0.5) is 5.69 Å². The van der Waals surface area contributed by atoms with E-state index >= 15 is 0 Å². The highest BCUT2D eigenvalue weighted by atomic mass is 35.5. The molecule has 23 heavy (non-hydrogen) atoms. The Bertz CT molecular complexity index is 620. The second-order valence-corrected chi connectivity index (χ2v) is 6.87. The van der Waals surface area contributed by atoms with Crippen molar-refractivity contribution in [3.05, 3.63) is 28.8 Å². The minimum Gasteiger partial charge on any atom is -0.350 e. The van der Waals surface area contributed by atoms with Gasteiger partial charge in [-0.2, -0.15) is 0 Å². The van der Waals surface area contributed by atoms with Crippen molar-refractivity contribution in [2.24, 2.45) is 0 Å². The maximum atomic E-state index is 12.3. The van der Waals surface area contributed by atoms with Crippen LogP contribution in [0.2, 0.25) is 5.02 Å². The normalized spacial score (nSPS) is 27.0. The Morgan fingerprint density at radius 2 is 2.04 bits per heavy atom. The van der Waals surface area contributed by atoms with Gasteiger partial charge in [0.05, 0.1) is 12.5 Å². The second-order valence-electron chi connectivity index (χ2n) is 6.44. The quantitative estimate of drug-likeness (QED) is 0.794. The first-order chi connectivity index (χ1) is 11.0. The molecular weight excluding hydrogens is 314 g/mol. The van der Waals surface area contributed by atoms with E-state index in [-0.39, 0.29) is 30.3 Å². The van der Waals surface area contributed by atoms with Gasteiger partial charge in [-0.05, 0) is 37.5 Å². The summed E-state index contributed by atoms with van der Waals surface area (Å²) in [5.41, 5.74) is 1.63. The fourth-order valence-corrected chi connectivity index (χ4v) is 3.56. The number of fused-ring (bicyclic) bond motifs is 1. The molecule has 0 aromatic heterocycles. The average Bonchev–Trinajstić information content (AvgIpc) is 2.51. The van der Waals surface area contributed by atoms with Gasteiger partial charge in [0.25, 0.3) is 0 Å². The molecule has 3 rings (SSSR count). The molecule has 1 aromatic carbocycles. The minimum absolute atomic E-state index is 0.0777. The molecule has 0 radical (unpaired) electrons. The highest BCUT2D eigenvalue weighted by Gasteiger charge is 2.36. The van der Waals surface area contributed by atoms with Crippen molar-refractivity contribution in [2.75, 3.05) is 5.32 Å². The lowest BCUT2D eigenvalue weighted by atomic mass is 9.87. The van der Waals surface area contributed by atoms with Crippen LogP contribution >= 0.6 is 11.6 Å². The first-order valence-corrected chi connectivity index (χ1v) is 8.53. The van der Waals surface area contributed by atoms with Crippen molar-refractivity contribution in [1.29, 1.82) is 0 Å². The highest BCUT2D eigenvalue weighted by molar-refractivity contribution is 6.31. The van der Waals surface area contributed by atoms with Crippen molar-refractivity contribution in [2.45, 2.75) is 57.2 Å². The smallest absolute Gasteiger partial charge is 0.237 e. The molecule has 2 fully saturated rings. The second kappa shape index (κ2) is 6.89. The Kier molecular flexibility index (Phi) is 4.87. The molecule has 1 aromatic rings. The number of rotatable bonds is 3. The predicted octanol–water partition coefficient (Wildman–Crippen LogP) is 2.38. The fraction of sp³-hybridized carbons (Fsp3) is 0.529. The molecule has 2 amide bonds. The summed E-state index contributed by atoms with van der Waals surface area (Å²) in [6, 6.07) is 5.40. The summed E-state index contributed by atoms with van der Waals surface area (Å²) in [6.45, 7) is 1.91. The molecule has 3 N–H and O–H groups in total. The van der Waals surface area contributed by atoms with Crippen molar-refractivity contribution in [3.8, 4) is 0 Å². The van der Waals surface area contributed by atoms with Crippen molar-refractivity contribution in [1.82, 2.24) is 10.6 Å². The van der Waals surface area contributed by atoms with Crippen LogP contribution in [0.3, 0.4) is 0 Å². The SMILES string of the molecule is Cc1ccc(Cl)cc1NC(=O)C[C@@H]1N[C@H]2CCCC[C@@H]2NC1=O. The molecule has 1 heterocycles. The standard InChI is InChI=1S/C17H22ClN3O2/c1-10-6-7-11(18)8-14(10)20-16(22)9-15-17(23)21-13-5-3-2-4-12(13)19-15/h6-8,12-13,15,19H,2-5,9H2,1H3,(H,20,22)(H,21,23)/t12-,13-,15-/m0/s1. The van der Waals surface area contributed by atoms with Crippen LogP contribution in [0.25, 0.3) is 0 Å². The molecule has 124 valence electrons. The van der Waals surface area contributed by atoms with Gasteiger partial charge >= 0.3 is 0 Å². The summed E-state index contributed by atoms with van der Waals surface area (Å²) in [5.74, 6) is -0.261. The van der Waals surface area contributed by atoms with Gasteiger partial charge in [0, 0.05) is 22.8 Å². The van der Waals surface area contributed by atoms with Gasteiger partial charge in [-0.1, -0.05) is 30.5 Å². The average molecular weight is 336 g/mol. The third-order valence-corrected chi connectivity index (χ3v) is 4.92. The predicted molar refractivity (Wildman–Crippen MR) is 90.5 cm³/mol. The molecule has 1 saturated heterocycles. The summed E-state index contributed by atoms with van der Waals surface area (Å²) in [6.07, 6.45) is 4.52. The van der Waals surface area contributed by atoms with Gasteiger partial charge in [-0.25, -0.2) is 0 Å². The first-order valence-electron chi connectivity index (χ1n) is 8.15. The van der Waals surface area contributed by atoms with E-state index in [0.29, 0.717) is 10.7 Å². The third kappa shape index (κ3) is 3.85. The van der Waals surface area contributed by atoms with Crippen molar-refractivity contribution >= 4 is 29.1 Å². The molecule has 1 aliphatic heterocycles. The van der Waals surface area contributed by atoms with Crippen LogP contribution in [-0.2, 0) is 9.59 Å². The zero-order valence-electron chi connectivity index (χ0n) is 13.2. The van der Waals surface area contributed by atoms with Crippen molar-refractivity contribution in [3.63, 3.8) is 0 Å². The molecule has 0 spiro atoms. The minimum atomic E-state index is -0.464. The third-order valence-electron chi connectivity index (χ3n) is 4.69. The molecular formula is C17H22ClN3O2. The number of anilines is 1. The van der Waals surface area contributed by atoms with Crippen LogP contribution in [-0.4, -0.2) is 29.9 Å². The lowest BCUT2D eigenvalue weighted by molar-refractivity contribution is -0.129. The van der Waals surface area contributed by atoms with Gasteiger partial charge < -0.3 is 16.0 Å². The zero-order valence-corrected chi connectivity index (χ0v) is 14.0. The van der Waals surface area contributed by atoms with E-state index in [1.54, 1.807) is 12.1 Å². The number of hydrogen-bond donors (Lipinski definition) is 3. The number of nitrogens with one attached hydrogen (secondary N) is 3.